The average molecular weight is 460 g/mol. The zero-order valence-corrected chi connectivity index (χ0v) is 18.4. The topological polar surface area (TPSA) is 136 Å². The van der Waals surface area contributed by atoms with Crippen LogP contribution in [-0.4, -0.2) is 91.2 Å². The summed E-state index contributed by atoms with van der Waals surface area (Å²) in [6.45, 7) is 4.47. The van der Waals surface area contributed by atoms with Gasteiger partial charge < -0.3 is 14.7 Å². The van der Waals surface area contributed by atoms with Crippen molar-refractivity contribution in [1.82, 2.24) is 22.9 Å². The lowest BCUT2D eigenvalue weighted by atomic mass is 10.3. The van der Waals surface area contributed by atoms with E-state index in [0.717, 1.165) is 0 Å². The van der Waals surface area contributed by atoms with Gasteiger partial charge in [0, 0.05) is 39.3 Å². The van der Waals surface area contributed by atoms with Gasteiger partial charge in [-0.05, 0) is 32.0 Å². The fraction of sp³-hybridized carbons (Fsp3) is 0.588. The predicted molar refractivity (Wildman–Crippen MR) is 110 cm³/mol. The van der Waals surface area contributed by atoms with Crippen LogP contribution in [0.2, 0.25) is 0 Å². The molecule has 0 saturated carbocycles. The van der Waals surface area contributed by atoms with E-state index in [1.54, 1.807) is 0 Å². The zero-order chi connectivity index (χ0) is 21.7. The van der Waals surface area contributed by atoms with E-state index in [9.17, 15) is 21.6 Å². The van der Waals surface area contributed by atoms with Crippen molar-refractivity contribution in [2.75, 3.05) is 39.3 Å². The maximum Gasteiger partial charge on any atom is 0.323 e. The zero-order valence-electron chi connectivity index (χ0n) is 16.7. The number of hydrogen-bond donors (Lipinski definition) is 2. The number of imidazole rings is 1. The highest BCUT2D eigenvalue weighted by atomic mass is 32.2. The van der Waals surface area contributed by atoms with Gasteiger partial charge in [0.1, 0.15) is 0 Å². The number of H-pyrrole nitrogens is 2. The molecule has 2 atom stereocenters. The molecule has 0 bridgehead atoms. The molecule has 4 rings (SSSR count). The summed E-state index contributed by atoms with van der Waals surface area (Å²) >= 11 is 0. The van der Waals surface area contributed by atoms with E-state index in [0.29, 0.717) is 11.0 Å². The standard InChI is InChI=1S/C17H25N5O6S2/c1-12-10-22(11-13(2)28-12)30(26,27)21-7-5-20(6-8-21)29(24,25)14-3-4-15-16(9-14)19-17(23)18-15/h3-4,9,12-13H,5-8,10-11H2,1-2H3,(H2,18,19,23)/t12-,13-/m0/s1. The van der Waals surface area contributed by atoms with Crippen molar-refractivity contribution in [2.45, 2.75) is 31.0 Å². The molecule has 3 heterocycles. The highest BCUT2D eigenvalue weighted by molar-refractivity contribution is 7.89. The highest BCUT2D eigenvalue weighted by Gasteiger charge is 2.38. The number of piperazine rings is 1. The SMILES string of the molecule is C[C@H]1CN(S(=O)(=O)N2CCN(S(=O)(=O)c3ccc4[nH]c(=O)[nH]c4c3)CC2)C[C@H](C)O1. The number of aromatic amines is 2. The lowest BCUT2D eigenvalue weighted by Crippen LogP contribution is -2.57. The number of ether oxygens (including phenoxy) is 1. The average Bonchev–Trinajstić information content (AvgIpc) is 3.06. The largest absolute Gasteiger partial charge is 0.373 e. The van der Waals surface area contributed by atoms with Gasteiger partial charge in [-0.3, -0.25) is 0 Å². The first-order valence-corrected chi connectivity index (χ1v) is 12.5. The maximum atomic E-state index is 13.0. The van der Waals surface area contributed by atoms with Crippen molar-refractivity contribution < 1.29 is 21.6 Å². The Morgan fingerprint density at radius 2 is 1.43 bits per heavy atom. The van der Waals surface area contributed by atoms with Crippen molar-refractivity contribution in [3.63, 3.8) is 0 Å². The Kier molecular flexibility index (Phi) is 5.53. The van der Waals surface area contributed by atoms with Gasteiger partial charge >= 0.3 is 5.69 Å². The van der Waals surface area contributed by atoms with Crippen LogP contribution in [0.1, 0.15) is 13.8 Å². The van der Waals surface area contributed by atoms with E-state index in [-0.39, 0.29) is 56.4 Å². The molecule has 2 fully saturated rings. The Morgan fingerprint density at radius 3 is 2.07 bits per heavy atom. The van der Waals surface area contributed by atoms with Crippen molar-refractivity contribution >= 4 is 31.3 Å². The minimum Gasteiger partial charge on any atom is -0.373 e. The van der Waals surface area contributed by atoms with Crippen LogP contribution < -0.4 is 5.69 Å². The number of nitrogens with one attached hydrogen (secondary N) is 2. The highest BCUT2D eigenvalue weighted by Crippen LogP contribution is 2.23. The van der Waals surface area contributed by atoms with Crippen LogP contribution in [0.15, 0.2) is 27.9 Å². The van der Waals surface area contributed by atoms with E-state index in [4.69, 9.17) is 4.74 Å². The van der Waals surface area contributed by atoms with Gasteiger partial charge in [-0.25, -0.2) is 13.2 Å². The van der Waals surface area contributed by atoms with Gasteiger partial charge in [0.25, 0.3) is 10.2 Å². The van der Waals surface area contributed by atoms with E-state index in [1.165, 1.54) is 31.1 Å². The maximum absolute atomic E-state index is 13.0. The van der Waals surface area contributed by atoms with Crippen LogP contribution in [0.3, 0.4) is 0 Å². The second-order valence-corrected chi connectivity index (χ2v) is 11.5. The molecule has 0 radical (unpaired) electrons. The summed E-state index contributed by atoms with van der Waals surface area (Å²) in [6, 6.07) is 4.37. The Labute approximate surface area is 174 Å². The molecule has 1 aromatic heterocycles. The second kappa shape index (κ2) is 7.73. The van der Waals surface area contributed by atoms with Gasteiger partial charge in [-0.15, -0.1) is 0 Å². The lowest BCUT2D eigenvalue weighted by Gasteiger charge is -2.39. The van der Waals surface area contributed by atoms with Gasteiger partial charge in [-0.1, -0.05) is 0 Å². The van der Waals surface area contributed by atoms with Crippen LogP contribution in [0, 0.1) is 0 Å². The molecule has 2 aliphatic heterocycles. The number of nitrogens with zero attached hydrogens (tertiary/aromatic N) is 3. The van der Waals surface area contributed by atoms with Crippen LogP contribution in [0.25, 0.3) is 11.0 Å². The van der Waals surface area contributed by atoms with E-state index in [1.807, 2.05) is 13.8 Å². The van der Waals surface area contributed by atoms with Crippen LogP contribution in [0.4, 0.5) is 0 Å². The summed E-state index contributed by atoms with van der Waals surface area (Å²) in [7, 11) is -7.50. The predicted octanol–water partition coefficient (Wildman–Crippen LogP) is -0.483. The number of hydrogen-bond acceptors (Lipinski definition) is 6. The first-order chi connectivity index (χ1) is 14.1. The quantitative estimate of drug-likeness (QED) is 0.634. The number of morpholine rings is 1. The summed E-state index contributed by atoms with van der Waals surface area (Å²) in [5.41, 5.74) is 0.506. The number of rotatable bonds is 4. The first-order valence-electron chi connectivity index (χ1n) is 9.70. The van der Waals surface area contributed by atoms with Crippen molar-refractivity contribution in [3.8, 4) is 0 Å². The Hall–Kier alpha value is -1.77. The summed E-state index contributed by atoms with van der Waals surface area (Å²) in [5, 5.41) is 0. The first kappa shape index (κ1) is 21.5. The Balaban J connectivity index is 1.48. The molecule has 11 nitrogen and oxygen atoms in total. The fourth-order valence-electron chi connectivity index (χ4n) is 3.94. The van der Waals surface area contributed by atoms with Gasteiger partial charge in [-0.2, -0.15) is 21.3 Å². The molecular formula is C17H25N5O6S2. The molecule has 30 heavy (non-hydrogen) atoms. The van der Waals surface area contributed by atoms with Gasteiger partial charge in [0.15, 0.2) is 0 Å². The molecule has 2 saturated heterocycles. The van der Waals surface area contributed by atoms with E-state index < -0.39 is 25.9 Å². The lowest BCUT2D eigenvalue weighted by molar-refractivity contribution is -0.0456. The Morgan fingerprint density at radius 1 is 0.867 bits per heavy atom. The number of fused-ring (bicyclic) bond motifs is 1. The van der Waals surface area contributed by atoms with Crippen LogP contribution in [0.5, 0.6) is 0 Å². The summed E-state index contributed by atoms with van der Waals surface area (Å²) in [5.74, 6) is 0. The monoisotopic (exact) mass is 459 g/mol. The van der Waals surface area contributed by atoms with Crippen LogP contribution >= 0.6 is 0 Å². The van der Waals surface area contributed by atoms with Gasteiger partial charge in [0.05, 0.1) is 28.1 Å². The number of benzene rings is 1. The smallest absolute Gasteiger partial charge is 0.323 e. The van der Waals surface area contributed by atoms with E-state index >= 15 is 0 Å². The molecule has 166 valence electrons. The van der Waals surface area contributed by atoms with Crippen LogP contribution in [-0.2, 0) is 25.0 Å². The molecule has 0 unspecified atom stereocenters. The fourth-order valence-corrected chi connectivity index (χ4v) is 7.14. The Bertz CT molecular complexity index is 1190. The molecule has 0 spiro atoms. The van der Waals surface area contributed by atoms with Crippen molar-refractivity contribution in [2.24, 2.45) is 0 Å². The number of aromatic nitrogens is 2. The summed E-state index contributed by atoms with van der Waals surface area (Å²) < 4.78 is 61.6. The number of sulfonamides is 1. The molecular weight excluding hydrogens is 434 g/mol. The molecule has 2 aliphatic rings. The molecule has 2 N–H and O–H groups in total. The third-order valence-electron chi connectivity index (χ3n) is 5.36. The molecule has 0 amide bonds. The molecule has 2 aromatic rings. The van der Waals surface area contributed by atoms with Crippen molar-refractivity contribution in [3.05, 3.63) is 28.7 Å². The second-order valence-electron chi connectivity index (χ2n) is 7.67. The normalized spacial score (nSPS) is 25.7. The third kappa shape index (κ3) is 3.92. The molecule has 0 aliphatic carbocycles. The minimum absolute atomic E-state index is 0.0531. The summed E-state index contributed by atoms with van der Waals surface area (Å²) in [4.78, 5) is 16.6. The summed E-state index contributed by atoms with van der Waals surface area (Å²) in [6.07, 6.45) is -0.389. The third-order valence-corrected chi connectivity index (χ3v) is 9.22. The molecule has 1 aromatic carbocycles. The molecule has 13 heteroatoms. The van der Waals surface area contributed by atoms with E-state index in [2.05, 4.69) is 9.97 Å². The van der Waals surface area contributed by atoms with Crippen molar-refractivity contribution in [1.29, 1.82) is 0 Å². The van der Waals surface area contributed by atoms with Gasteiger partial charge in [0.2, 0.25) is 10.0 Å². The minimum atomic E-state index is -3.81.